The molecule has 2 fully saturated rings. The first kappa shape index (κ1) is 13.9. The number of benzene rings is 1. The van der Waals surface area contributed by atoms with Crippen LogP contribution in [0, 0.1) is 0 Å². The first-order chi connectivity index (χ1) is 9.72. The molecule has 110 valence electrons. The minimum Gasteiger partial charge on any atom is -0.497 e. The predicted molar refractivity (Wildman–Crippen MR) is 76.9 cm³/mol. The summed E-state index contributed by atoms with van der Waals surface area (Å²) in [4.78, 5) is 2.50. The summed E-state index contributed by atoms with van der Waals surface area (Å²) in [6, 6.07) is 8.77. The summed E-state index contributed by atoms with van der Waals surface area (Å²) in [7, 11) is 1.70. The molecule has 0 N–H and O–H groups in total. The van der Waals surface area contributed by atoms with Crippen LogP contribution in [0.15, 0.2) is 24.3 Å². The highest BCUT2D eigenvalue weighted by Crippen LogP contribution is 2.34. The second-order valence-corrected chi connectivity index (χ2v) is 5.59. The van der Waals surface area contributed by atoms with Crippen molar-refractivity contribution in [3.05, 3.63) is 29.8 Å². The van der Waals surface area contributed by atoms with Crippen LogP contribution in [-0.4, -0.2) is 44.1 Å². The highest BCUT2D eigenvalue weighted by atomic mass is 16.7. The molecule has 2 aliphatic rings. The van der Waals surface area contributed by atoms with E-state index in [4.69, 9.17) is 14.2 Å². The van der Waals surface area contributed by atoms with Gasteiger partial charge in [-0.2, -0.15) is 0 Å². The Morgan fingerprint density at radius 2 is 1.70 bits per heavy atom. The summed E-state index contributed by atoms with van der Waals surface area (Å²) in [5.41, 5.74) is 1.33. The molecule has 1 aromatic rings. The maximum absolute atomic E-state index is 5.78. The zero-order chi connectivity index (χ0) is 14.0. The van der Waals surface area contributed by atoms with E-state index >= 15 is 0 Å². The second-order valence-electron chi connectivity index (χ2n) is 5.59. The van der Waals surface area contributed by atoms with Crippen LogP contribution in [0.5, 0.6) is 5.75 Å². The van der Waals surface area contributed by atoms with Crippen molar-refractivity contribution in [2.75, 3.05) is 33.4 Å². The molecule has 0 bridgehead atoms. The van der Waals surface area contributed by atoms with Gasteiger partial charge in [-0.05, 0) is 24.6 Å². The molecule has 3 rings (SSSR count). The van der Waals surface area contributed by atoms with Gasteiger partial charge in [0.25, 0.3) is 0 Å². The lowest BCUT2D eigenvalue weighted by Crippen LogP contribution is -2.45. The van der Waals surface area contributed by atoms with Crippen molar-refractivity contribution in [3.8, 4) is 5.75 Å². The Bertz CT molecular complexity index is 430. The van der Waals surface area contributed by atoms with Gasteiger partial charge in [0, 0.05) is 32.0 Å². The maximum atomic E-state index is 5.78. The summed E-state index contributed by atoms with van der Waals surface area (Å²) in [6.45, 7) is 5.79. The molecule has 0 radical (unpaired) electrons. The molecule has 4 heteroatoms. The van der Waals surface area contributed by atoms with Crippen molar-refractivity contribution in [3.63, 3.8) is 0 Å². The molecule has 0 saturated carbocycles. The molecule has 1 spiro atoms. The van der Waals surface area contributed by atoms with Gasteiger partial charge in [0.2, 0.25) is 0 Å². The zero-order valence-corrected chi connectivity index (χ0v) is 12.3. The van der Waals surface area contributed by atoms with Gasteiger partial charge < -0.3 is 14.2 Å². The Balaban J connectivity index is 1.61. The molecule has 1 unspecified atom stereocenters. The summed E-state index contributed by atoms with van der Waals surface area (Å²) in [5.74, 6) is 0.627. The van der Waals surface area contributed by atoms with E-state index in [-0.39, 0.29) is 5.79 Å². The smallest absolute Gasteiger partial charge is 0.170 e. The van der Waals surface area contributed by atoms with Crippen LogP contribution >= 0.6 is 0 Å². The standard InChI is InChI=1S/C16H23NO3/c1-13(14-3-5-15(18-2)6-4-14)17-9-7-16(8-10-17)19-11-12-20-16/h3-6,13H,7-12H2,1-2H3. The van der Waals surface area contributed by atoms with Crippen LogP contribution in [0.3, 0.4) is 0 Å². The minimum absolute atomic E-state index is 0.282. The maximum Gasteiger partial charge on any atom is 0.170 e. The van der Waals surface area contributed by atoms with Crippen molar-refractivity contribution in [2.24, 2.45) is 0 Å². The van der Waals surface area contributed by atoms with E-state index in [1.54, 1.807) is 7.11 Å². The molecule has 4 nitrogen and oxygen atoms in total. The highest BCUT2D eigenvalue weighted by molar-refractivity contribution is 5.28. The second kappa shape index (κ2) is 5.72. The van der Waals surface area contributed by atoms with Gasteiger partial charge in [-0.25, -0.2) is 0 Å². The van der Waals surface area contributed by atoms with Crippen molar-refractivity contribution in [1.29, 1.82) is 0 Å². The molecule has 2 saturated heterocycles. The number of methoxy groups -OCH3 is 1. The lowest BCUT2D eigenvalue weighted by Gasteiger charge is -2.40. The Kier molecular flexibility index (Phi) is 3.96. The Labute approximate surface area is 120 Å². The van der Waals surface area contributed by atoms with Gasteiger partial charge in [-0.3, -0.25) is 4.90 Å². The molecular formula is C16H23NO3. The first-order valence-corrected chi connectivity index (χ1v) is 7.38. The van der Waals surface area contributed by atoms with Gasteiger partial charge in [-0.1, -0.05) is 12.1 Å². The monoisotopic (exact) mass is 277 g/mol. The van der Waals surface area contributed by atoms with Gasteiger partial charge in [-0.15, -0.1) is 0 Å². The third-order valence-electron chi connectivity index (χ3n) is 4.52. The topological polar surface area (TPSA) is 30.9 Å². The summed E-state index contributed by atoms with van der Waals surface area (Å²) in [6.07, 6.45) is 1.93. The van der Waals surface area contributed by atoms with E-state index in [0.717, 1.165) is 44.9 Å². The number of likely N-dealkylation sites (tertiary alicyclic amines) is 1. The third-order valence-corrected chi connectivity index (χ3v) is 4.52. The molecule has 2 heterocycles. The molecule has 1 aromatic carbocycles. The average Bonchev–Trinajstić information content (AvgIpc) is 2.96. The molecule has 0 amide bonds. The third kappa shape index (κ3) is 2.68. The average molecular weight is 277 g/mol. The van der Waals surface area contributed by atoms with Gasteiger partial charge in [0.05, 0.1) is 20.3 Å². The molecule has 0 aliphatic carbocycles. The molecule has 0 aromatic heterocycles. The van der Waals surface area contributed by atoms with Crippen molar-refractivity contribution >= 4 is 0 Å². The zero-order valence-electron chi connectivity index (χ0n) is 12.3. The van der Waals surface area contributed by atoms with Crippen LogP contribution in [0.1, 0.15) is 31.4 Å². The highest BCUT2D eigenvalue weighted by Gasteiger charge is 2.40. The first-order valence-electron chi connectivity index (χ1n) is 7.38. The predicted octanol–water partition coefficient (Wildman–Crippen LogP) is 2.60. The van der Waals surface area contributed by atoms with Gasteiger partial charge in [0.1, 0.15) is 5.75 Å². The van der Waals surface area contributed by atoms with E-state index in [1.807, 2.05) is 12.1 Å². The number of rotatable bonds is 3. The van der Waals surface area contributed by atoms with Crippen LogP contribution < -0.4 is 4.74 Å². The fraction of sp³-hybridized carbons (Fsp3) is 0.625. The van der Waals surface area contributed by atoms with Crippen LogP contribution in [0.25, 0.3) is 0 Å². The quantitative estimate of drug-likeness (QED) is 0.850. The van der Waals surface area contributed by atoms with Crippen molar-refractivity contribution in [2.45, 2.75) is 31.6 Å². The van der Waals surface area contributed by atoms with Crippen LogP contribution in [0.4, 0.5) is 0 Å². The summed E-state index contributed by atoms with van der Waals surface area (Å²) in [5, 5.41) is 0. The Morgan fingerprint density at radius 3 is 2.25 bits per heavy atom. The lowest BCUT2D eigenvalue weighted by molar-refractivity contribution is -0.187. The number of nitrogens with zero attached hydrogens (tertiary/aromatic N) is 1. The van der Waals surface area contributed by atoms with E-state index in [1.165, 1.54) is 5.56 Å². The normalized spacial score (nSPS) is 23.9. The minimum atomic E-state index is -0.282. The Morgan fingerprint density at radius 1 is 1.10 bits per heavy atom. The molecule has 2 aliphatic heterocycles. The summed E-state index contributed by atoms with van der Waals surface area (Å²) >= 11 is 0. The largest absolute Gasteiger partial charge is 0.497 e. The van der Waals surface area contributed by atoms with Gasteiger partial charge >= 0.3 is 0 Å². The van der Waals surface area contributed by atoms with Crippen LogP contribution in [0.2, 0.25) is 0 Å². The number of piperidine rings is 1. The van der Waals surface area contributed by atoms with E-state index in [9.17, 15) is 0 Å². The van der Waals surface area contributed by atoms with E-state index in [2.05, 4.69) is 24.0 Å². The molecule has 1 atom stereocenters. The molecule has 20 heavy (non-hydrogen) atoms. The fourth-order valence-electron chi connectivity index (χ4n) is 3.13. The van der Waals surface area contributed by atoms with Crippen LogP contribution in [-0.2, 0) is 9.47 Å². The van der Waals surface area contributed by atoms with E-state index < -0.39 is 0 Å². The molecular weight excluding hydrogens is 254 g/mol. The SMILES string of the molecule is COc1ccc(C(C)N2CCC3(CC2)OCCO3)cc1. The number of hydrogen-bond donors (Lipinski definition) is 0. The lowest BCUT2D eigenvalue weighted by atomic mass is 9.99. The number of ether oxygens (including phenoxy) is 3. The van der Waals surface area contributed by atoms with Crippen molar-refractivity contribution < 1.29 is 14.2 Å². The van der Waals surface area contributed by atoms with Gasteiger partial charge in [0.15, 0.2) is 5.79 Å². The fourth-order valence-corrected chi connectivity index (χ4v) is 3.13. The Hall–Kier alpha value is -1.10. The van der Waals surface area contributed by atoms with E-state index in [0.29, 0.717) is 6.04 Å². The number of hydrogen-bond acceptors (Lipinski definition) is 4. The van der Waals surface area contributed by atoms with Crippen molar-refractivity contribution in [1.82, 2.24) is 4.90 Å². The summed E-state index contributed by atoms with van der Waals surface area (Å²) < 4.78 is 16.8.